The number of nitrogens with zero attached hydrogens (tertiary/aromatic N) is 5. The molecule has 2 aliphatic heterocycles. The van der Waals surface area contributed by atoms with Crippen molar-refractivity contribution in [2.24, 2.45) is 5.73 Å². The minimum Gasteiger partial charge on any atom is -0.494 e. The molecule has 2 fully saturated rings. The fourth-order valence-electron chi connectivity index (χ4n) is 5.07. The van der Waals surface area contributed by atoms with Crippen LogP contribution in [0.25, 0.3) is 0 Å². The van der Waals surface area contributed by atoms with E-state index in [2.05, 4.69) is 108 Å². The van der Waals surface area contributed by atoms with Crippen molar-refractivity contribution in [1.82, 2.24) is 19.8 Å². The average molecular weight is 616 g/mol. The molecule has 1 aromatic carbocycles. The van der Waals surface area contributed by atoms with Crippen molar-refractivity contribution in [1.29, 1.82) is 0 Å². The largest absolute Gasteiger partial charge is 0.494 e. The van der Waals surface area contributed by atoms with E-state index in [1.807, 2.05) is 0 Å². The highest BCUT2D eigenvalue weighted by molar-refractivity contribution is 9.10. The molecule has 1 unspecified atom stereocenters. The zero-order valence-electron chi connectivity index (χ0n) is 24.1. The van der Waals surface area contributed by atoms with Gasteiger partial charge in [-0.2, -0.15) is 4.98 Å². The predicted octanol–water partition coefficient (Wildman–Crippen LogP) is 4.09. The molecule has 1 atom stereocenters. The van der Waals surface area contributed by atoms with Gasteiger partial charge in [-0.1, -0.05) is 25.6 Å². The number of aryl methyl sites for hydroxylation is 1. The van der Waals surface area contributed by atoms with Crippen LogP contribution >= 0.6 is 15.9 Å². The second kappa shape index (κ2) is 12.9. The molecular formula is C28H43BrN8OSi. The summed E-state index contributed by atoms with van der Waals surface area (Å²) in [7, 11) is 2.40. The number of halogens is 1. The number of piperidine rings is 1. The van der Waals surface area contributed by atoms with Gasteiger partial charge in [0.25, 0.3) is 0 Å². The second-order valence-electron chi connectivity index (χ2n) is 11.6. The molecule has 11 heteroatoms. The lowest BCUT2D eigenvalue weighted by atomic mass is 10.0. The fourth-order valence-corrected chi connectivity index (χ4v) is 5.96. The number of hydrogen-bond donors (Lipinski definition) is 3. The lowest BCUT2D eigenvalue weighted by molar-refractivity contribution is 0.0982. The standard InChI is InChI=1S/C28H43BrN8OSi/c1-20-17-23(32-28-31-19-22(29)27(34-28)33-26(30)9-16-39(4,5)6)25(38-3)18-24(20)37-10-7-21(8-11-37)36-14-12-35(2)13-15-36/h17-19,21,26H,7-8,10-15,30H2,1-6H3,(H2,31,32,33,34). The zero-order chi connectivity index (χ0) is 28.2. The van der Waals surface area contributed by atoms with Crippen LogP contribution in [0.3, 0.4) is 0 Å². The normalized spacial score (nSPS) is 18.3. The Kier molecular flexibility index (Phi) is 9.77. The summed E-state index contributed by atoms with van der Waals surface area (Å²) in [5.41, 5.74) is 12.7. The van der Waals surface area contributed by atoms with E-state index in [1.54, 1.807) is 13.3 Å². The second-order valence-corrected chi connectivity index (χ2v) is 17.2. The minimum absolute atomic E-state index is 0.449. The van der Waals surface area contributed by atoms with Crippen LogP contribution in [0.15, 0.2) is 22.8 Å². The number of likely N-dealkylation sites (N-methyl/N-ethyl adjacent to an activating group) is 1. The van der Waals surface area contributed by atoms with E-state index in [1.165, 1.54) is 50.3 Å². The maximum Gasteiger partial charge on any atom is 0.229 e. The van der Waals surface area contributed by atoms with Crippen LogP contribution in [0.5, 0.6) is 5.75 Å². The van der Waals surface area contributed by atoms with E-state index >= 15 is 0 Å². The summed E-state index contributed by atoms with van der Waals surface area (Å²) in [6.45, 7) is 15.5. The molecule has 2 aliphatic rings. The van der Waals surface area contributed by atoms with Gasteiger partial charge >= 0.3 is 0 Å². The number of hydrogen-bond acceptors (Lipinski definition) is 9. The summed E-state index contributed by atoms with van der Waals surface area (Å²) in [6.07, 6.45) is 3.57. The molecule has 3 heterocycles. The third-order valence-electron chi connectivity index (χ3n) is 7.26. The maximum atomic E-state index is 6.20. The first-order chi connectivity index (χ1) is 18.5. The molecule has 2 saturated heterocycles. The molecule has 2 aromatic rings. The van der Waals surface area contributed by atoms with E-state index < -0.39 is 14.2 Å². The first-order valence-electron chi connectivity index (χ1n) is 13.7. The number of anilines is 4. The third-order valence-corrected chi connectivity index (χ3v) is 8.74. The molecule has 4 rings (SSSR count). The number of methoxy groups -OCH3 is 1. The minimum atomic E-state index is -1.52. The van der Waals surface area contributed by atoms with Crippen LogP contribution < -0.4 is 26.0 Å². The van der Waals surface area contributed by atoms with Gasteiger partial charge in [0, 0.05) is 63.3 Å². The molecular weight excluding hydrogens is 572 g/mol. The highest BCUT2D eigenvalue weighted by atomic mass is 79.9. The lowest BCUT2D eigenvalue weighted by Crippen LogP contribution is -2.52. The first-order valence-corrected chi connectivity index (χ1v) is 18.0. The average Bonchev–Trinajstić information content (AvgIpc) is 2.90. The predicted molar refractivity (Wildman–Crippen MR) is 168 cm³/mol. The molecule has 4 N–H and O–H groups in total. The first kappa shape index (κ1) is 29.6. The molecule has 0 bridgehead atoms. The number of aromatic nitrogens is 2. The monoisotopic (exact) mass is 614 g/mol. The van der Waals surface area contributed by atoms with Gasteiger partial charge in [-0.15, -0.1) is 5.54 Å². The number of benzene rings is 1. The molecule has 0 radical (unpaired) electrons. The van der Waals surface area contributed by atoms with Crippen LogP contribution in [-0.2, 0) is 0 Å². The summed E-state index contributed by atoms with van der Waals surface area (Å²) >= 11 is 3.51. The van der Waals surface area contributed by atoms with Crippen molar-refractivity contribution in [3.05, 3.63) is 28.4 Å². The van der Waals surface area contributed by atoms with Gasteiger partial charge in [-0.05, 0) is 54.4 Å². The van der Waals surface area contributed by atoms with Crippen molar-refractivity contribution in [2.45, 2.75) is 51.6 Å². The van der Waals surface area contributed by atoms with Crippen molar-refractivity contribution in [3.8, 4) is 17.2 Å². The smallest absolute Gasteiger partial charge is 0.229 e. The van der Waals surface area contributed by atoms with E-state index in [0.29, 0.717) is 17.8 Å². The van der Waals surface area contributed by atoms with Crippen molar-refractivity contribution >= 4 is 47.1 Å². The number of rotatable bonds is 7. The van der Waals surface area contributed by atoms with Gasteiger partial charge in [0.15, 0.2) is 0 Å². The number of piperazine rings is 1. The quantitative estimate of drug-likeness (QED) is 0.242. The van der Waals surface area contributed by atoms with Crippen LogP contribution in [0.1, 0.15) is 18.4 Å². The summed E-state index contributed by atoms with van der Waals surface area (Å²) < 4.78 is 6.52. The Labute approximate surface area is 243 Å². The topological polar surface area (TPSA) is 94.8 Å². The molecule has 0 amide bonds. The van der Waals surface area contributed by atoms with Gasteiger partial charge in [0.1, 0.15) is 25.8 Å². The van der Waals surface area contributed by atoms with Gasteiger partial charge < -0.3 is 30.9 Å². The van der Waals surface area contributed by atoms with Crippen LogP contribution in [0.4, 0.5) is 23.1 Å². The van der Waals surface area contributed by atoms with Gasteiger partial charge in [-0.25, -0.2) is 4.98 Å². The lowest BCUT2D eigenvalue weighted by Gasteiger charge is -2.43. The molecule has 1 aromatic heterocycles. The van der Waals surface area contributed by atoms with Gasteiger partial charge in [-0.3, -0.25) is 4.90 Å². The highest BCUT2D eigenvalue weighted by Crippen LogP contribution is 2.36. The summed E-state index contributed by atoms with van der Waals surface area (Å²) in [4.78, 5) is 16.7. The highest BCUT2D eigenvalue weighted by Gasteiger charge is 2.27. The Balaban J connectivity index is 1.44. The SMILES string of the molecule is COc1cc(N2CCC(N3CCN(C)CC3)CC2)c(C)cc1Nc1ncc(Br)c(NC(N)C#C[Si](C)(C)C)n1. The summed E-state index contributed by atoms with van der Waals surface area (Å²) in [6, 6.07) is 4.93. The Morgan fingerprint density at radius 3 is 2.46 bits per heavy atom. The van der Waals surface area contributed by atoms with Crippen molar-refractivity contribution in [2.75, 3.05) is 69.0 Å². The van der Waals surface area contributed by atoms with Crippen LogP contribution in [-0.4, -0.2) is 93.5 Å². The third kappa shape index (κ3) is 8.08. The van der Waals surface area contributed by atoms with E-state index in [0.717, 1.165) is 29.0 Å². The molecule has 0 spiro atoms. The van der Waals surface area contributed by atoms with Gasteiger partial charge in [0.2, 0.25) is 5.95 Å². The van der Waals surface area contributed by atoms with E-state index in [9.17, 15) is 0 Å². The van der Waals surface area contributed by atoms with Crippen molar-refractivity contribution < 1.29 is 4.74 Å². The Bertz CT molecular complexity index is 1190. The summed E-state index contributed by atoms with van der Waals surface area (Å²) in [5.74, 6) is 4.89. The van der Waals surface area contributed by atoms with Crippen LogP contribution in [0, 0.1) is 18.4 Å². The Morgan fingerprint density at radius 1 is 1.13 bits per heavy atom. The van der Waals surface area contributed by atoms with Gasteiger partial charge in [0.05, 0.1) is 17.3 Å². The zero-order valence-corrected chi connectivity index (χ0v) is 26.7. The molecule has 0 aliphatic carbocycles. The number of ether oxygens (including phenoxy) is 1. The number of nitrogens with one attached hydrogen (secondary N) is 2. The molecule has 0 saturated carbocycles. The molecule has 9 nitrogen and oxygen atoms in total. The molecule has 212 valence electrons. The summed E-state index contributed by atoms with van der Waals surface area (Å²) in [5, 5.41) is 6.51. The van der Waals surface area contributed by atoms with Crippen LogP contribution in [0.2, 0.25) is 19.6 Å². The van der Waals surface area contributed by atoms with Crippen molar-refractivity contribution in [3.63, 3.8) is 0 Å². The molecule has 39 heavy (non-hydrogen) atoms. The van der Waals surface area contributed by atoms with E-state index in [4.69, 9.17) is 10.5 Å². The Morgan fingerprint density at radius 2 is 1.82 bits per heavy atom. The van der Waals surface area contributed by atoms with E-state index in [-0.39, 0.29) is 0 Å². The Hall–Kier alpha value is -2.36. The fraction of sp³-hybridized carbons (Fsp3) is 0.571. The number of nitrogens with two attached hydrogens (primary N) is 1. The maximum absolute atomic E-state index is 6.20.